The molecule has 92 valence electrons. The highest BCUT2D eigenvalue weighted by molar-refractivity contribution is 6.30. The molecule has 0 aliphatic rings. The second kappa shape index (κ2) is 5.87. The molecule has 2 nitrogen and oxygen atoms in total. The first-order valence-corrected chi connectivity index (χ1v) is 5.90. The molecule has 0 aliphatic carbocycles. The monoisotopic (exact) mass is 252 g/mol. The summed E-state index contributed by atoms with van der Waals surface area (Å²) in [4.78, 5) is 12.0. The van der Waals surface area contributed by atoms with Crippen molar-refractivity contribution in [3.05, 3.63) is 47.0 Å². The van der Waals surface area contributed by atoms with Crippen molar-refractivity contribution in [3.63, 3.8) is 0 Å². The molecule has 0 fully saturated rings. The van der Waals surface area contributed by atoms with E-state index in [1.54, 1.807) is 18.2 Å². The maximum Gasteiger partial charge on any atom is 0.316 e. The zero-order valence-electron chi connectivity index (χ0n) is 10.4. The molecule has 17 heavy (non-hydrogen) atoms. The van der Waals surface area contributed by atoms with Crippen LogP contribution in [-0.2, 0) is 14.9 Å². The van der Waals surface area contributed by atoms with Gasteiger partial charge in [-0.15, -0.1) is 0 Å². The minimum absolute atomic E-state index is 0.252. The number of benzene rings is 1. The molecule has 0 radical (unpaired) electrons. The second-order valence-electron chi connectivity index (χ2n) is 4.30. The number of hydrogen-bond acceptors (Lipinski definition) is 2. The van der Waals surface area contributed by atoms with Gasteiger partial charge in [0.2, 0.25) is 0 Å². The fraction of sp³-hybridized carbons (Fsp3) is 0.357. The summed E-state index contributed by atoms with van der Waals surface area (Å²) in [6.07, 6.45) is 3.64. The van der Waals surface area contributed by atoms with Gasteiger partial charge in [0.1, 0.15) is 6.61 Å². The van der Waals surface area contributed by atoms with Crippen LogP contribution in [0.1, 0.15) is 26.3 Å². The van der Waals surface area contributed by atoms with Crippen LogP contribution in [-0.4, -0.2) is 12.6 Å². The van der Waals surface area contributed by atoms with E-state index in [9.17, 15) is 4.79 Å². The SMILES string of the molecule is CC=CCOC(=O)C(C)(C)c1cccc(Cl)c1. The summed E-state index contributed by atoms with van der Waals surface area (Å²) in [5, 5.41) is 0.622. The summed E-state index contributed by atoms with van der Waals surface area (Å²) < 4.78 is 5.17. The Morgan fingerprint density at radius 1 is 1.47 bits per heavy atom. The maximum atomic E-state index is 12.0. The lowest BCUT2D eigenvalue weighted by atomic mass is 9.85. The predicted molar refractivity (Wildman–Crippen MR) is 70.3 cm³/mol. The van der Waals surface area contributed by atoms with E-state index in [0.717, 1.165) is 5.56 Å². The first-order valence-electron chi connectivity index (χ1n) is 5.53. The van der Waals surface area contributed by atoms with Crippen molar-refractivity contribution in [1.82, 2.24) is 0 Å². The van der Waals surface area contributed by atoms with E-state index in [4.69, 9.17) is 16.3 Å². The topological polar surface area (TPSA) is 26.3 Å². The molecule has 0 saturated heterocycles. The summed E-state index contributed by atoms with van der Waals surface area (Å²) >= 11 is 5.92. The van der Waals surface area contributed by atoms with Crippen LogP contribution in [0.2, 0.25) is 5.02 Å². The van der Waals surface area contributed by atoms with E-state index in [1.807, 2.05) is 39.0 Å². The van der Waals surface area contributed by atoms with Gasteiger partial charge in [0, 0.05) is 5.02 Å². The number of ether oxygens (including phenoxy) is 1. The van der Waals surface area contributed by atoms with Crippen molar-refractivity contribution in [2.75, 3.05) is 6.61 Å². The number of rotatable bonds is 4. The Hall–Kier alpha value is -1.28. The third-order valence-corrected chi connectivity index (χ3v) is 2.84. The molecule has 1 rings (SSSR count). The van der Waals surface area contributed by atoms with Crippen molar-refractivity contribution >= 4 is 17.6 Å². The summed E-state index contributed by atoms with van der Waals surface area (Å²) in [5.74, 6) is -0.252. The van der Waals surface area contributed by atoms with Gasteiger partial charge in [-0.1, -0.05) is 35.9 Å². The minimum atomic E-state index is -0.688. The fourth-order valence-electron chi connectivity index (χ4n) is 1.40. The van der Waals surface area contributed by atoms with Gasteiger partial charge in [-0.3, -0.25) is 4.79 Å². The molecule has 0 atom stereocenters. The van der Waals surface area contributed by atoms with Crippen molar-refractivity contribution in [3.8, 4) is 0 Å². The smallest absolute Gasteiger partial charge is 0.316 e. The lowest BCUT2D eigenvalue weighted by Gasteiger charge is -2.22. The highest BCUT2D eigenvalue weighted by Gasteiger charge is 2.31. The Bertz CT molecular complexity index is 422. The van der Waals surface area contributed by atoms with Crippen LogP contribution in [0.15, 0.2) is 36.4 Å². The molecule has 0 spiro atoms. The van der Waals surface area contributed by atoms with E-state index in [-0.39, 0.29) is 5.97 Å². The van der Waals surface area contributed by atoms with Gasteiger partial charge in [-0.05, 0) is 38.5 Å². The Balaban J connectivity index is 2.83. The van der Waals surface area contributed by atoms with Crippen LogP contribution in [0.5, 0.6) is 0 Å². The quantitative estimate of drug-likeness (QED) is 0.603. The van der Waals surface area contributed by atoms with Gasteiger partial charge in [0.15, 0.2) is 0 Å². The normalized spacial score (nSPS) is 11.8. The number of carbonyl (C=O) groups is 1. The molecular formula is C14H17ClO2. The number of esters is 1. The Kier molecular flexibility index (Phi) is 4.76. The molecule has 0 aliphatic heterocycles. The third kappa shape index (κ3) is 3.60. The van der Waals surface area contributed by atoms with Gasteiger partial charge >= 0.3 is 5.97 Å². The molecular weight excluding hydrogens is 236 g/mol. The molecule has 0 saturated carbocycles. The van der Waals surface area contributed by atoms with Gasteiger partial charge in [-0.25, -0.2) is 0 Å². The molecule has 0 heterocycles. The highest BCUT2D eigenvalue weighted by atomic mass is 35.5. The largest absolute Gasteiger partial charge is 0.461 e. The zero-order valence-corrected chi connectivity index (χ0v) is 11.1. The fourth-order valence-corrected chi connectivity index (χ4v) is 1.59. The lowest BCUT2D eigenvalue weighted by Crippen LogP contribution is -2.31. The molecule has 1 aromatic carbocycles. The van der Waals surface area contributed by atoms with E-state index >= 15 is 0 Å². The average Bonchev–Trinajstić information content (AvgIpc) is 2.29. The predicted octanol–water partition coefficient (Wildman–Crippen LogP) is 3.74. The zero-order chi connectivity index (χ0) is 12.9. The van der Waals surface area contributed by atoms with E-state index in [1.165, 1.54) is 0 Å². The second-order valence-corrected chi connectivity index (χ2v) is 4.74. The van der Waals surface area contributed by atoms with Crippen LogP contribution in [0.4, 0.5) is 0 Å². The molecule has 0 N–H and O–H groups in total. The third-order valence-electron chi connectivity index (χ3n) is 2.60. The summed E-state index contributed by atoms with van der Waals surface area (Å²) in [5.41, 5.74) is 0.169. The highest BCUT2D eigenvalue weighted by Crippen LogP contribution is 2.26. The Labute approximate surface area is 107 Å². The van der Waals surface area contributed by atoms with Crippen LogP contribution in [0.25, 0.3) is 0 Å². The van der Waals surface area contributed by atoms with Crippen molar-refractivity contribution < 1.29 is 9.53 Å². The molecule has 0 amide bonds. The van der Waals surface area contributed by atoms with Crippen molar-refractivity contribution in [1.29, 1.82) is 0 Å². The first-order chi connectivity index (χ1) is 7.98. The molecule has 0 unspecified atom stereocenters. The van der Waals surface area contributed by atoms with Crippen LogP contribution in [0, 0.1) is 0 Å². The number of halogens is 1. The van der Waals surface area contributed by atoms with E-state index in [2.05, 4.69) is 0 Å². The summed E-state index contributed by atoms with van der Waals surface area (Å²) in [7, 11) is 0. The number of carbonyl (C=O) groups excluding carboxylic acids is 1. The van der Waals surface area contributed by atoms with Crippen LogP contribution < -0.4 is 0 Å². The summed E-state index contributed by atoms with van der Waals surface area (Å²) in [6.45, 7) is 5.85. The van der Waals surface area contributed by atoms with Crippen LogP contribution in [0.3, 0.4) is 0 Å². The van der Waals surface area contributed by atoms with Gasteiger partial charge < -0.3 is 4.74 Å². The van der Waals surface area contributed by atoms with E-state index in [0.29, 0.717) is 11.6 Å². The first kappa shape index (κ1) is 13.8. The molecule has 0 aromatic heterocycles. The van der Waals surface area contributed by atoms with E-state index < -0.39 is 5.41 Å². The van der Waals surface area contributed by atoms with Gasteiger partial charge in [0.25, 0.3) is 0 Å². The minimum Gasteiger partial charge on any atom is -0.461 e. The van der Waals surface area contributed by atoms with Crippen LogP contribution >= 0.6 is 11.6 Å². The molecule has 1 aromatic rings. The Morgan fingerprint density at radius 2 is 2.18 bits per heavy atom. The maximum absolute atomic E-state index is 12.0. The molecule has 0 bridgehead atoms. The molecule has 3 heteroatoms. The van der Waals surface area contributed by atoms with Gasteiger partial charge in [0.05, 0.1) is 5.41 Å². The van der Waals surface area contributed by atoms with Crippen molar-refractivity contribution in [2.45, 2.75) is 26.2 Å². The standard InChI is InChI=1S/C14H17ClO2/c1-4-5-9-17-13(16)14(2,3)11-7-6-8-12(15)10-11/h4-8,10H,9H2,1-3H3. The summed E-state index contributed by atoms with van der Waals surface area (Å²) in [6, 6.07) is 7.28. The number of allylic oxidation sites excluding steroid dienone is 1. The lowest BCUT2D eigenvalue weighted by molar-refractivity contribution is -0.148. The van der Waals surface area contributed by atoms with Crippen molar-refractivity contribution in [2.24, 2.45) is 0 Å². The number of hydrogen-bond donors (Lipinski definition) is 0. The average molecular weight is 253 g/mol. The van der Waals surface area contributed by atoms with Gasteiger partial charge in [-0.2, -0.15) is 0 Å². The Morgan fingerprint density at radius 3 is 2.76 bits per heavy atom.